The van der Waals surface area contributed by atoms with Crippen molar-refractivity contribution < 1.29 is 13.9 Å². The van der Waals surface area contributed by atoms with Gasteiger partial charge in [0, 0.05) is 26.2 Å². The normalized spacial score (nSPS) is 17.7. The van der Waals surface area contributed by atoms with Crippen molar-refractivity contribution in [1.82, 2.24) is 10.9 Å². The summed E-state index contributed by atoms with van der Waals surface area (Å²) in [5, 5.41) is 2.99. The quantitative estimate of drug-likeness (QED) is 0.416. The molecule has 1 heterocycles. The van der Waals surface area contributed by atoms with Crippen LogP contribution >= 0.6 is 0 Å². The third-order valence-electron chi connectivity index (χ3n) is 3.27. The van der Waals surface area contributed by atoms with E-state index in [0.717, 1.165) is 6.54 Å². The molecule has 22 heavy (non-hydrogen) atoms. The molecule has 2 rings (SSSR count). The highest BCUT2D eigenvalue weighted by atomic mass is 19.1. The van der Waals surface area contributed by atoms with E-state index >= 15 is 0 Å². The van der Waals surface area contributed by atoms with Gasteiger partial charge >= 0.3 is 6.09 Å². The fourth-order valence-corrected chi connectivity index (χ4v) is 2.14. The highest BCUT2D eigenvalue weighted by Crippen LogP contribution is 2.25. The lowest BCUT2D eigenvalue weighted by molar-refractivity contribution is 0.145. The van der Waals surface area contributed by atoms with Crippen LogP contribution in [0.5, 0.6) is 0 Å². The monoisotopic (exact) mass is 311 g/mol. The molecule has 0 radical (unpaired) electrons. The molecule has 1 aliphatic rings. The molecule has 1 aliphatic heterocycles. The van der Waals surface area contributed by atoms with Crippen molar-refractivity contribution >= 4 is 17.5 Å². The number of benzene rings is 1. The maximum Gasteiger partial charge on any atom is 0.414 e. The third kappa shape index (κ3) is 4.06. The van der Waals surface area contributed by atoms with Crippen LogP contribution < -0.4 is 26.8 Å². The predicted molar refractivity (Wildman–Crippen MR) is 83.2 cm³/mol. The Kier molecular flexibility index (Phi) is 5.93. The molecule has 0 aromatic heterocycles. The molecule has 0 unspecified atom stereocenters. The van der Waals surface area contributed by atoms with Crippen LogP contribution in [-0.4, -0.2) is 44.9 Å². The molecule has 1 fully saturated rings. The molecule has 0 aliphatic carbocycles. The number of cyclic esters (lactones) is 1. The maximum atomic E-state index is 14.1. The van der Waals surface area contributed by atoms with Crippen LogP contribution in [0.4, 0.5) is 20.6 Å². The standard InChI is InChI=1S/C14H22FN5O2/c1-2-18-19-6-5-17-13-4-3-10(7-12(13)15)20-9-11(8-16)22-14(20)21/h3-4,7,11,17-19H,2,5-6,8-9,16H2,1H3/t11-/m0/s1. The van der Waals surface area contributed by atoms with E-state index in [2.05, 4.69) is 16.2 Å². The highest BCUT2D eigenvalue weighted by molar-refractivity contribution is 5.90. The smallest absolute Gasteiger partial charge is 0.414 e. The second-order valence-corrected chi connectivity index (χ2v) is 4.90. The van der Waals surface area contributed by atoms with Crippen molar-refractivity contribution in [2.75, 3.05) is 42.9 Å². The van der Waals surface area contributed by atoms with Crippen molar-refractivity contribution in [1.29, 1.82) is 0 Å². The number of amides is 1. The zero-order valence-corrected chi connectivity index (χ0v) is 12.6. The summed E-state index contributed by atoms with van der Waals surface area (Å²) >= 11 is 0. The van der Waals surface area contributed by atoms with Gasteiger partial charge in [-0.15, -0.1) is 0 Å². The number of nitrogens with one attached hydrogen (secondary N) is 3. The van der Waals surface area contributed by atoms with Gasteiger partial charge in [-0.25, -0.2) is 9.18 Å². The summed E-state index contributed by atoms with van der Waals surface area (Å²) in [6.45, 7) is 4.63. The Morgan fingerprint density at radius 3 is 2.86 bits per heavy atom. The zero-order chi connectivity index (χ0) is 15.9. The van der Waals surface area contributed by atoms with Crippen molar-refractivity contribution in [3.63, 3.8) is 0 Å². The lowest BCUT2D eigenvalue weighted by Gasteiger charge is -2.15. The van der Waals surface area contributed by atoms with Crippen molar-refractivity contribution in [2.45, 2.75) is 13.0 Å². The van der Waals surface area contributed by atoms with Crippen LogP contribution in [0.15, 0.2) is 18.2 Å². The topological polar surface area (TPSA) is 91.7 Å². The Labute approximate surface area is 129 Å². The van der Waals surface area contributed by atoms with E-state index in [-0.39, 0.29) is 12.6 Å². The first-order valence-electron chi connectivity index (χ1n) is 7.33. The zero-order valence-electron chi connectivity index (χ0n) is 12.6. The fourth-order valence-electron chi connectivity index (χ4n) is 2.14. The van der Waals surface area contributed by atoms with Crippen LogP contribution in [-0.2, 0) is 4.74 Å². The molecule has 0 bridgehead atoms. The summed E-state index contributed by atoms with van der Waals surface area (Å²) in [6, 6.07) is 4.62. The van der Waals surface area contributed by atoms with Crippen LogP contribution in [0.25, 0.3) is 0 Å². The van der Waals surface area contributed by atoms with E-state index in [0.29, 0.717) is 31.0 Å². The van der Waals surface area contributed by atoms with Gasteiger partial charge in [0.1, 0.15) is 11.9 Å². The van der Waals surface area contributed by atoms with Gasteiger partial charge in [0.2, 0.25) is 0 Å². The van der Waals surface area contributed by atoms with Crippen LogP contribution in [0.2, 0.25) is 0 Å². The van der Waals surface area contributed by atoms with Gasteiger partial charge in [-0.05, 0) is 18.2 Å². The number of hydrogen-bond acceptors (Lipinski definition) is 6. The summed E-state index contributed by atoms with van der Waals surface area (Å²) in [5.41, 5.74) is 12.3. The number of hydrazine groups is 1. The summed E-state index contributed by atoms with van der Waals surface area (Å²) in [4.78, 5) is 13.1. The second-order valence-electron chi connectivity index (χ2n) is 4.90. The Balaban J connectivity index is 1.93. The average molecular weight is 311 g/mol. The minimum absolute atomic E-state index is 0.253. The number of rotatable bonds is 8. The molecule has 1 aromatic rings. The minimum atomic E-state index is -0.495. The number of ether oxygens (including phenoxy) is 1. The van der Waals surface area contributed by atoms with Crippen LogP contribution in [0, 0.1) is 5.82 Å². The Morgan fingerprint density at radius 1 is 1.41 bits per heavy atom. The first-order valence-corrected chi connectivity index (χ1v) is 7.33. The second kappa shape index (κ2) is 7.92. The minimum Gasteiger partial charge on any atom is -0.443 e. The van der Waals surface area contributed by atoms with E-state index in [1.54, 1.807) is 12.1 Å². The average Bonchev–Trinajstić information content (AvgIpc) is 2.89. The molecular weight excluding hydrogens is 289 g/mol. The number of hydrogen-bond donors (Lipinski definition) is 4. The first kappa shape index (κ1) is 16.5. The number of halogens is 1. The Morgan fingerprint density at radius 2 is 2.23 bits per heavy atom. The fraction of sp³-hybridized carbons (Fsp3) is 0.500. The molecule has 0 spiro atoms. The molecule has 0 saturated carbocycles. The van der Waals surface area contributed by atoms with Gasteiger partial charge in [0.25, 0.3) is 0 Å². The van der Waals surface area contributed by atoms with Crippen LogP contribution in [0.3, 0.4) is 0 Å². The summed E-state index contributed by atoms with van der Waals surface area (Å²) in [6.07, 6.45) is -0.837. The number of nitrogens with two attached hydrogens (primary N) is 1. The summed E-state index contributed by atoms with van der Waals surface area (Å²) in [7, 11) is 0. The lowest BCUT2D eigenvalue weighted by Crippen LogP contribution is -2.35. The van der Waals surface area contributed by atoms with E-state index < -0.39 is 11.9 Å². The van der Waals surface area contributed by atoms with Gasteiger partial charge in [0.05, 0.1) is 17.9 Å². The van der Waals surface area contributed by atoms with Crippen molar-refractivity contribution in [2.24, 2.45) is 5.73 Å². The van der Waals surface area contributed by atoms with Crippen molar-refractivity contribution in [3.8, 4) is 0 Å². The Bertz CT molecular complexity index is 514. The third-order valence-corrected chi connectivity index (χ3v) is 3.27. The molecule has 7 nitrogen and oxygen atoms in total. The summed E-state index contributed by atoms with van der Waals surface area (Å²) in [5.74, 6) is -0.412. The van der Waals surface area contributed by atoms with E-state index in [4.69, 9.17) is 10.5 Å². The molecule has 1 saturated heterocycles. The van der Waals surface area contributed by atoms with E-state index in [1.807, 2.05) is 6.92 Å². The van der Waals surface area contributed by atoms with Gasteiger partial charge in [-0.2, -0.15) is 0 Å². The predicted octanol–water partition coefficient (Wildman–Crippen LogP) is 0.636. The van der Waals surface area contributed by atoms with E-state index in [9.17, 15) is 9.18 Å². The maximum absolute atomic E-state index is 14.1. The number of anilines is 2. The lowest BCUT2D eigenvalue weighted by atomic mass is 10.2. The SMILES string of the molecule is CCNNCCNc1ccc(N2C[C@H](CN)OC2=O)cc1F. The molecule has 1 amide bonds. The molecular formula is C14H22FN5O2. The molecule has 1 atom stereocenters. The van der Waals surface area contributed by atoms with E-state index in [1.165, 1.54) is 11.0 Å². The van der Waals surface area contributed by atoms with Gasteiger partial charge in [-0.3, -0.25) is 15.8 Å². The van der Waals surface area contributed by atoms with Gasteiger partial charge in [0.15, 0.2) is 0 Å². The largest absolute Gasteiger partial charge is 0.443 e. The Hall–Kier alpha value is -1.90. The molecule has 1 aromatic carbocycles. The summed E-state index contributed by atoms with van der Waals surface area (Å²) < 4.78 is 19.1. The molecule has 5 N–H and O–H groups in total. The van der Waals surface area contributed by atoms with Crippen LogP contribution in [0.1, 0.15) is 6.92 Å². The van der Waals surface area contributed by atoms with Crippen molar-refractivity contribution in [3.05, 3.63) is 24.0 Å². The van der Waals surface area contributed by atoms with Gasteiger partial charge in [-0.1, -0.05) is 6.92 Å². The van der Waals surface area contributed by atoms with Gasteiger partial charge < -0.3 is 15.8 Å². The molecule has 122 valence electrons. The number of carbonyl (C=O) groups excluding carboxylic acids is 1. The first-order chi connectivity index (χ1) is 10.7. The molecule has 8 heteroatoms. The highest BCUT2D eigenvalue weighted by Gasteiger charge is 2.31. The number of nitrogens with zero attached hydrogens (tertiary/aromatic N) is 1. The number of carbonyl (C=O) groups is 1.